The molecule has 6 unspecified atom stereocenters. The molecular formula is C18H26N2O. The zero-order valence-electron chi connectivity index (χ0n) is 12.8. The van der Waals surface area contributed by atoms with Crippen molar-refractivity contribution in [2.24, 2.45) is 41.4 Å². The van der Waals surface area contributed by atoms with Crippen molar-refractivity contribution in [2.75, 3.05) is 13.1 Å². The van der Waals surface area contributed by atoms with Crippen molar-refractivity contribution >= 4 is 6.03 Å². The van der Waals surface area contributed by atoms with Crippen molar-refractivity contribution in [1.82, 2.24) is 10.2 Å². The van der Waals surface area contributed by atoms with E-state index in [9.17, 15) is 4.79 Å². The Kier molecular flexibility index (Phi) is 2.02. The standard InChI is InChI=1S/C18H26N2O/c21-17(20-8-2-1-3-9-20)19-18-12-6-4-10-14(12)15-11(16(10)18)5-7-13(15)18/h10-16H,1-9H2,(H,19,21). The van der Waals surface area contributed by atoms with Gasteiger partial charge in [-0.25, -0.2) is 4.79 Å². The van der Waals surface area contributed by atoms with Gasteiger partial charge in [-0.3, -0.25) is 0 Å². The molecule has 21 heavy (non-hydrogen) atoms. The highest BCUT2D eigenvalue weighted by molar-refractivity contribution is 5.76. The normalized spacial score (nSPS) is 58.5. The largest absolute Gasteiger partial charge is 0.332 e. The summed E-state index contributed by atoms with van der Waals surface area (Å²) in [4.78, 5) is 15.0. The number of nitrogens with zero attached hydrogens (tertiary/aromatic N) is 1. The van der Waals surface area contributed by atoms with Crippen LogP contribution >= 0.6 is 0 Å². The number of rotatable bonds is 1. The van der Waals surface area contributed by atoms with E-state index < -0.39 is 0 Å². The zero-order chi connectivity index (χ0) is 13.8. The van der Waals surface area contributed by atoms with Gasteiger partial charge in [-0.1, -0.05) is 0 Å². The zero-order valence-corrected chi connectivity index (χ0v) is 12.8. The molecule has 8 bridgehead atoms. The first kappa shape index (κ1) is 11.8. The van der Waals surface area contributed by atoms with Gasteiger partial charge in [0.1, 0.15) is 0 Å². The maximum atomic E-state index is 12.9. The van der Waals surface area contributed by atoms with Gasteiger partial charge in [0.2, 0.25) is 0 Å². The summed E-state index contributed by atoms with van der Waals surface area (Å²) >= 11 is 0. The van der Waals surface area contributed by atoms with Crippen molar-refractivity contribution in [3.8, 4) is 0 Å². The number of carbonyl (C=O) groups excluding carboxylic acids is 1. The predicted octanol–water partition coefficient (Wildman–Crippen LogP) is 2.86. The lowest BCUT2D eigenvalue weighted by atomic mass is 9.65. The first-order valence-electron chi connectivity index (χ1n) is 9.39. The van der Waals surface area contributed by atoms with E-state index >= 15 is 0 Å². The fourth-order valence-corrected chi connectivity index (χ4v) is 8.60. The van der Waals surface area contributed by atoms with Crippen LogP contribution in [-0.4, -0.2) is 29.6 Å². The van der Waals surface area contributed by atoms with Crippen LogP contribution in [0.2, 0.25) is 0 Å². The van der Waals surface area contributed by atoms with Gasteiger partial charge in [0, 0.05) is 13.1 Å². The number of hydrogen-bond acceptors (Lipinski definition) is 1. The topological polar surface area (TPSA) is 32.3 Å². The van der Waals surface area contributed by atoms with Gasteiger partial charge < -0.3 is 10.2 Å². The van der Waals surface area contributed by atoms with Gasteiger partial charge in [-0.05, 0) is 86.4 Å². The van der Waals surface area contributed by atoms with E-state index in [2.05, 4.69) is 10.2 Å². The minimum atomic E-state index is 0.260. The first-order valence-corrected chi connectivity index (χ1v) is 9.39. The summed E-state index contributed by atoms with van der Waals surface area (Å²) in [6.45, 7) is 1.98. The fourth-order valence-electron chi connectivity index (χ4n) is 8.60. The van der Waals surface area contributed by atoms with Crippen LogP contribution < -0.4 is 5.32 Å². The van der Waals surface area contributed by atoms with Crippen molar-refractivity contribution < 1.29 is 4.79 Å². The molecule has 6 aliphatic carbocycles. The van der Waals surface area contributed by atoms with Crippen LogP contribution in [-0.2, 0) is 0 Å². The Hall–Kier alpha value is -0.730. The summed E-state index contributed by atoms with van der Waals surface area (Å²) < 4.78 is 0. The number of amides is 2. The monoisotopic (exact) mass is 286 g/mol. The Morgan fingerprint density at radius 1 is 0.905 bits per heavy atom. The maximum Gasteiger partial charge on any atom is 0.317 e. The number of carbonyl (C=O) groups is 1. The molecule has 2 amide bonds. The van der Waals surface area contributed by atoms with E-state index in [0.717, 1.165) is 54.5 Å². The molecule has 0 aromatic carbocycles. The van der Waals surface area contributed by atoms with Crippen LogP contribution in [0.3, 0.4) is 0 Å². The van der Waals surface area contributed by atoms with Crippen LogP contribution in [0.4, 0.5) is 4.79 Å². The quantitative estimate of drug-likeness (QED) is 0.790. The number of likely N-dealkylation sites (tertiary alicyclic amines) is 1. The molecule has 0 radical (unpaired) electrons. The van der Waals surface area contributed by atoms with Gasteiger partial charge >= 0.3 is 6.03 Å². The third-order valence-electron chi connectivity index (χ3n) is 8.65. The summed E-state index contributed by atoms with van der Waals surface area (Å²) in [6.07, 6.45) is 9.47. The molecule has 6 saturated carbocycles. The van der Waals surface area contributed by atoms with Crippen LogP contribution in [0.5, 0.6) is 0 Å². The third kappa shape index (κ3) is 1.10. The lowest BCUT2D eigenvalue weighted by molar-refractivity contribution is 0.0682. The van der Waals surface area contributed by atoms with E-state index in [0.29, 0.717) is 6.03 Å². The molecule has 0 aromatic rings. The molecule has 1 heterocycles. The molecule has 114 valence electrons. The summed E-state index contributed by atoms with van der Waals surface area (Å²) in [7, 11) is 0. The molecule has 7 fully saturated rings. The van der Waals surface area contributed by atoms with Crippen molar-refractivity contribution in [3.63, 3.8) is 0 Å². The third-order valence-corrected chi connectivity index (χ3v) is 8.65. The second-order valence-electron chi connectivity index (χ2n) is 8.79. The Balaban J connectivity index is 1.33. The Labute approximate surface area is 126 Å². The van der Waals surface area contributed by atoms with Gasteiger partial charge in [-0.2, -0.15) is 0 Å². The highest BCUT2D eigenvalue weighted by Gasteiger charge is 2.84. The van der Waals surface area contributed by atoms with Gasteiger partial charge in [0.25, 0.3) is 0 Å². The van der Waals surface area contributed by atoms with Gasteiger partial charge in [0.15, 0.2) is 0 Å². The van der Waals surface area contributed by atoms with E-state index in [1.54, 1.807) is 0 Å². The van der Waals surface area contributed by atoms with E-state index in [1.807, 2.05) is 0 Å². The Morgan fingerprint density at radius 3 is 2.14 bits per heavy atom. The van der Waals surface area contributed by atoms with E-state index in [-0.39, 0.29) is 5.54 Å². The smallest absolute Gasteiger partial charge is 0.317 e. The average molecular weight is 286 g/mol. The SMILES string of the molecule is O=C(NC12C3CCC4C3C3C(CCC31)C42)N1CCCCC1. The van der Waals surface area contributed by atoms with E-state index in [1.165, 1.54) is 44.9 Å². The first-order chi connectivity index (χ1) is 10.3. The minimum Gasteiger partial charge on any atom is -0.332 e. The number of hydrogen-bond donors (Lipinski definition) is 1. The Morgan fingerprint density at radius 2 is 1.52 bits per heavy atom. The van der Waals surface area contributed by atoms with Crippen molar-refractivity contribution in [3.05, 3.63) is 0 Å². The molecule has 1 N–H and O–H groups in total. The Bertz CT molecular complexity index is 485. The minimum absolute atomic E-state index is 0.260. The molecular weight excluding hydrogens is 260 g/mol. The second-order valence-corrected chi connectivity index (χ2v) is 8.79. The molecule has 3 nitrogen and oxygen atoms in total. The van der Waals surface area contributed by atoms with Gasteiger partial charge in [-0.15, -0.1) is 0 Å². The molecule has 7 rings (SSSR count). The number of piperidine rings is 1. The molecule has 7 aliphatic rings. The molecule has 6 atom stereocenters. The van der Waals surface area contributed by atoms with Crippen molar-refractivity contribution in [2.45, 2.75) is 50.5 Å². The predicted molar refractivity (Wildman–Crippen MR) is 79.6 cm³/mol. The summed E-state index contributed by atoms with van der Waals surface area (Å²) in [6, 6.07) is 0.291. The average Bonchev–Trinajstić information content (AvgIpc) is 3.28. The number of urea groups is 1. The molecule has 0 aromatic heterocycles. The lowest BCUT2D eigenvalue weighted by Crippen LogP contribution is -2.62. The molecule has 1 aliphatic heterocycles. The summed E-state index contributed by atoms with van der Waals surface area (Å²) in [5, 5.41) is 3.69. The lowest BCUT2D eigenvalue weighted by Gasteiger charge is -2.48. The van der Waals surface area contributed by atoms with E-state index in [4.69, 9.17) is 0 Å². The highest BCUT2D eigenvalue weighted by Crippen LogP contribution is 2.83. The molecule has 1 saturated heterocycles. The van der Waals surface area contributed by atoms with Gasteiger partial charge in [0.05, 0.1) is 5.54 Å². The summed E-state index contributed by atoms with van der Waals surface area (Å²) in [5.74, 6) is 6.58. The molecule has 3 heteroatoms. The molecule has 0 spiro atoms. The maximum absolute atomic E-state index is 12.9. The highest BCUT2D eigenvalue weighted by atomic mass is 16.2. The van der Waals surface area contributed by atoms with Crippen LogP contribution in [0.25, 0.3) is 0 Å². The number of nitrogens with one attached hydrogen (secondary N) is 1. The van der Waals surface area contributed by atoms with Crippen LogP contribution in [0, 0.1) is 41.4 Å². The van der Waals surface area contributed by atoms with Crippen LogP contribution in [0.15, 0.2) is 0 Å². The fraction of sp³-hybridized carbons (Fsp3) is 0.944. The van der Waals surface area contributed by atoms with Crippen LogP contribution in [0.1, 0.15) is 44.9 Å². The van der Waals surface area contributed by atoms with Crippen molar-refractivity contribution in [1.29, 1.82) is 0 Å². The summed E-state index contributed by atoms with van der Waals surface area (Å²) in [5.41, 5.74) is 0.260. The second kappa shape index (κ2) is 3.60.